The van der Waals surface area contributed by atoms with E-state index >= 15 is 0 Å². The Hall–Kier alpha value is -1.56. The molecule has 0 aromatic carbocycles. The lowest BCUT2D eigenvalue weighted by atomic mass is 10.2. The first-order valence-corrected chi connectivity index (χ1v) is 3.94. The Morgan fingerprint density at radius 1 is 1.69 bits per heavy atom. The van der Waals surface area contributed by atoms with E-state index in [0.717, 1.165) is 0 Å². The molecule has 4 N–H and O–H groups in total. The summed E-state index contributed by atoms with van der Waals surface area (Å²) in [7, 11) is 0. The number of nitrogens with one attached hydrogen (secondary N) is 1. The first kappa shape index (κ1) is 8.06. The molecule has 1 aliphatic heterocycles. The summed E-state index contributed by atoms with van der Waals surface area (Å²) in [4.78, 5) is 19.1. The van der Waals surface area contributed by atoms with E-state index in [1.807, 2.05) is 0 Å². The molecule has 0 bridgehead atoms. The van der Waals surface area contributed by atoms with Crippen molar-refractivity contribution in [3.63, 3.8) is 0 Å². The molecule has 1 fully saturated rings. The van der Waals surface area contributed by atoms with Crippen LogP contribution in [0.5, 0.6) is 0 Å². The van der Waals surface area contributed by atoms with E-state index in [2.05, 4.69) is 9.97 Å². The molecule has 6 heteroatoms. The van der Waals surface area contributed by atoms with Gasteiger partial charge in [-0.3, -0.25) is 4.79 Å². The largest absolute Gasteiger partial charge is 0.391 e. The fraction of sp³-hybridized carbons (Fsp3) is 0.429. The smallest absolute Gasteiger partial charge is 0.276 e. The fourth-order valence-corrected chi connectivity index (χ4v) is 1.28. The number of nitrogens with zero attached hydrogens (tertiary/aromatic N) is 2. The Bertz CT molecular complexity index is 369. The van der Waals surface area contributed by atoms with Gasteiger partial charge >= 0.3 is 0 Å². The highest BCUT2D eigenvalue weighted by Gasteiger charge is 2.27. The lowest BCUT2D eigenvalue weighted by molar-refractivity contribution is 0.141. The molecule has 2 heterocycles. The molecule has 70 valence electrons. The quantitative estimate of drug-likeness (QED) is 0.493. The number of aliphatic hydroxyl groups excluding tert-OH is 1. The summed E-state index contributed by atoms with van der Waals surface area (Å²) in [5.41, 5.74) is 5.27. The number of aliphatic hydroxyl groups is 1. The molecule has 6 nitrogen and oxygen atoms in total. The van der Waals surface area contributed by atoms with E-state index in [0.29, 0.717) is 18.9 Å². The number of nitrogen functional groups attached to an aromatic ring is 1. The molecular weight excluding hydrogens is 172 g/mol. The summed E-state index contributed by atoms with van der Waals surface area (Å²) in [5, 5.41) is 9.04. The van der Waals surface area contributed by atoms with Crippen LogP contribution in [-0.2, 0) is 0 Å². The molecule has 1 aromatic rings. The molecule has 2 rings (SSSR count). The molecule has 0 spiro atoms. The lowest BCUT2D eigenvalue weighted by Crippen LogP contribution is -2.51. The number of aromatic amines is 1. The molecular formula is C7H10N4O2. The Labute approximate surface area is 74.0 Å². The van der Waals surface area contributed by atoms with Crippen LogP contribution in [0.3, 0.4) is 0 Å². The summed E-state index contributed by atoms with van der Waals surface area (Å²) >= 11 is 0. The van der Waals surface area contributed by atoms with Crippen LogP contribution in [-0.4, -0.2) is 34.3 Å². The van der Waals surface area contributed by atoms with Crippen molar-refractivity contribution in [2.24, 2.45) is 0 Å². The topological polar surface area (TPSA) is 95.2 Å². The molecule has 13 heavy (non-hydrogen) atoms. The van der Waals surface area contributed by atoms with Crippen molar-refractivity contribution in [2.75, 3.05) is 23.7 Å². The monoisotopic (exact) mass is 182 g/mol. The summed E-state index contributed by atoms with van der Waals surface area (Å²) < 4.78 is 0. The SMILES string of the molecule is Nc1c(N2CC(O)C2)nc[nH]c1=O. The number of hydrogen-bond donors (Lipinski definition) is 3. The van der Waals surface area contributed by atoms with Gasteiger partial charge in [-0.05, 0) is 0 Å². The fourth-order valence-electron chi connectivity index (χ4n) is 1.28. The number of hydrogen-bond acceptors (Lipinski definition) is 5. The Morgan fingerprint density at radius 3 is 3.00 bits per heavy atom. The van der Waals surface area contributed by atoms with Gasteiger partial charge in [0, 0.05) is 13.1 Å². The van der Waals surface area contributed by atoms with Crippen LogP contribution < -0.4 is 16.2 Å². The van der Waals surface area contributed by atoms with Crippen molar-refractivity contribution >= 4 is 11.5 Å². The minimum atomic E-state index is -0.341. The first-order valence-electron chi connectivity index (χ1n) is 3.94. The van der Waals surface area contributed by atoms with Crippen molar-refractivity contribution in [2.45, 2.75) is 6.10 Å². The van der Waals surface area contributed by atoms with Crippen LogP contribution in [0.2, 0.25) is 0 Å². The highest BCUT2D eigenvalue weighted by atomic mass is 16.3. The second kappa shape index (κ2) is 2.74. The minimum absolute atomic E-state index is 0.106. The zero-order valence-electron chi connectivity index (χ0n) is 6.90. The standard InChI is InChI=1S/C7H10N4O2/c8-5-6(9-3-10-7(5)13)11-1-4(12)2-11/h3-4,12H,1-2,8H2,(H,9,10,13). The third kappa shape index (κ3) is 1.25. The van der Waals surface area contributed by atoms with E-state index < -0.39 is 0 Å². The van der Waals surface area contributed by atoms with Crippen molar-refractivity contribution in [3.05, 3.63) is 16.7 Å². The molecule has 0 aliphatic carbocycles. The minimum Gasteiger partial charge on any atom is -0.391 e. The van der Waals surface area contributed by atoms with E-state index in [-0.39, 0.29) is 17.4 Å². The Balaban J connectivity index is 2.31. The average molecular weight is 182 g/mol. The maximum Gasteiger partial charge on any atom is 0.276 e. The third-order valence-corrected chi connectivity index (χ3v) is 2.03. The van der Waals surface area contributed by atoms with Crippen LogP contribution in [0.4, 0.5) is 11.5 Å². The van der Waals surface area contributed by atoms with Crippen LogP contribution in [0.15, 0.2) is 11.1 Å². The van der Waals surface area contributed by atoms with Gasteiger partial charge in [0.05, 0.1) is 12.4 Å². The first-order chi connectivity index (χ1) is 6.18. The summed E-state index contributed by atoms with van der Waals surface area (Å²) in [6.07, 6.45) is 0.971. The number of nitrogens with two attached hydrogens (primary N) is 1. The molecule has 0 amide bonds. The molecule has 0 saturated carbocycles. The number of aromatic nitrogens is 2. The van der Waals surface area contributed by atoms with Crippen LogP contribution in [0.25, 0.3) is 0 Å². The van der Waals surface area contributed by atoms with Crippen molar-refractivity contribution in [1.29, 1.82) is 0 Å². The highest BCUT2D eigenvalue weighted by Crippen LogP contribution is 2.20. The van der Waals surface area contributed by atoms with Crippen molar-refractivity contribution in [1.82, 2.24) is 9.97 Å². The molecule has 0 atom stereocenters. The number of H-pyrrole nitrogens is 1. The van der Waals surface area contributed by atoms with E-state index in [9.17, 15) is 4.79 Å². The Morgan fingerprint density at radius 2 is 2.38 bits per heavy atom. The number of anilines is 2. The van der Waals surface area contributed by atoms with Gasteiger partial charge < -0.3 is 20.7 Å². The third-order valence-electron chi connectivity index (χ3n) is 2.03. The van der Waals surface area contributed by atoms with Crippen LogP contribution >= 0.6 is 0 Å². The molecule has 0 unspecified atom stereocenters. The second-order valence-corrected chi connectivity index (χ2v) is 3.03. The predicted octanol–water partition coefficient (Wildman–Crippen LogP) is -1.47. The molecule has 1 aromatic heterocycles. The predicted molar refractivity (Wildman–Crippen MR) is 47.5 cm³/mol. The molecule has 1 aliphatic rings. The molecule has 1 saturated heterocycles. The lowest BCUT2D eigenvalue weighted by Gasteiger charge is -2.36. The van der Waals surface area contributed by atoms with Gasteiger partial charge in [0.25, 0.3) is 5.56 Å². The Kier molecular flexibility index (Phi) is 1.70. The maximum absolute atomic E-state index is 11.1. The van der Waals surface area contributed by atoms with Gasteiger partial charge in [-0.15, -0.1) is 0 Å². The molecule has 0 radical (unpaired) electrons. The van der Waals surface area contributed by atoms with Gasteiger partial charge in [-0.25, -0.2) is 4.98 Å². The summed E-state index contributed by atoms with van der Waals surface area (Å²) in [6.45, 7) is 0.974. The van der Waals surface area contributed by atoms with Crippen molar-refractivity contribution in [3.8, 4) is 0 Å². The van der Waals surface area contributed by atoms with E-state index in [1.165, 1.54) is 6.33 Å². The number of rotatable bonds is 1. The maximum atomic E-state index is 11.1. The van der Waals surface area contributed by atoms with Gasteiger partial charge in [-0.1, -0.05) is 0 Å². The van der Waals surface area contributed by atoms with Gasteiger partial charge in [0.2, 0.25) is 0 Å². The van der Waals surface area contributed by atoms with Crippen LogP contribution in [0, 0.1) is 0 Å². The zero-order valence-corrected chi connectivity index (χ0v) is 6.90. The zero-order chi connectivity index (χ0) is 9.42. The normalized spacial score (nSPS) is 17.2. The van der Waals surface area contributed by atoms with Crippen molar-refractivity contribution < 1.29 is 5.11 Å². The van der Waals surface area contributed by atoms with E-state index in [1.54, 1.807) is 4.90 Å². The summed E-state index contributed by atoms with van der Waals surface area (Å²) in [5.74, 6) is 0.453. The second-order valence-electron chi connectivity index (χ2n) is 3.03. The van der Waals surface area contributed by atoms with Gasteiger partial charge in [0.15, 0.2) is 5.82 Å². The van der Waals surface area contributed by atoms with Crippen LogP contribution in [0.1, 0.15) is 0 Å². The number of β-amino-alcohol motifs (C(OH)–C–C–N with tert-alkyl or cyclic N) is 1. The van der Waals surface area contributed by atoms with E-state index in [4.69, 9.17) is 10.8 Å². The summed E-state index contributed by atoms with van der Waals surface area (Å²) in [6, 6.07) is 0. The average Bonchev–Trinajstić information content (AvgIpc) is 2.05. The van der Waals surface area contributed by atoms with Gasteiger partial charge in [-0.2, -0.15) is 0 Å². The highest BCUT2D eigenvalue weighted by molar-refractivity contribution is 5.62. The van der Waals surface area contributed by atoms with Gasteiger partial charge in [0.1, 0.15) is 5.69 Å².